The van der Waals surface area contributed by atoms with Crippen molar-refractivity contribution in [1.29, 1.82) is 0 Å². The van der Waals surface area contributed by atoms with Crippen molar-refractivity contribution in [1.82, 2.24) is 4.98 Å². The molecule has 3 rings (SSSR count). The van der Waals surface area contributed by atoms with Crippen LogP contribution in [0, 0.1) is 0 Å². The predicted molar refractivity (Wildman–Crippen MR) is 127 cm³/mol. The molecule has 3 aromatic rings. The number of rotatable bonds is 11. The second-order valence-electron chi connectivity index (χ2n) is 7.07. The fourth-order valence-corrected chi connectivity index (χ4v) is 4.29. The predicted octanol–water partition coefficient (Wildman–Crippen LogP) is 5.68. The first-order valence-corrected chi connectivity index (χ1v) is 12.0. The number of nitrogens with one attached hydrogen (secondary N) is 1. The van der Waals surface area contributed by atoms with E-state index in [4.69, 9.17) is 14.6 Å². The molecule has 0 atom stereocenters. The lowest BCUT2D eigenvalue weighted by Crippen LogP contribution is -2.13. The highest BCUT2D eigenvalue weighted by molar-refractivity contribution is 7.98. The first kappa shape index (κ1) is 23.6. The number of nitrogens with zero attached hydrogens (tertiary/aromatic N) is 1. The lowest BCUT2D eigenvalue weighted by Gasteiger charge is -2.14. The fourth-order valence-electron chi connectivity index (χ4n) is 2.66. The molecule has 0 saturated heterocycles. The number of thiazole rings is 1. The van der Waals surface area contributed by atoms with E-state index in [0.29, 0.717) is 39.4 Å². The molecule has 0 unspecified atom stereocenters. The molecule has 168 valence electrons. The summed E-state index contributed by atoms with van der Waals surface area (Å²) in [4.78, 5) is 27.9. The number of carboxylic acid groups (broad SMARTS) is 1. The number of anilines is 1. The van der Waals surface area contributed by atoms with Gasteiger partial charge in [-0.25, -0.2) is 4.98 Å². The third-order valence-corrected chi connectivity index (χ3v) is 5.77. The summed E-state index contributed by atoms with van der Waals surface area (Å²) in [6.45, 7) is 3.83. The van der Waals surface area contributed by atoms with Crippen LogP contribution in [-0.2, 0) is 10.5 Å². The van der Waals surface area contributed by atoms with E-state index in [0.717, 1.165) is 5.69 Å². The molecule has 0 aliphatic heterocycles. The Morgan fingerprint density at radius 1 is 1.12 bits per heavy atom. The van der Waals surface area contributed by atoms with Gasteiger partial charge in [-0.2, -0.15) is 11.8 Å². The lowest BCUT2D eigenvalue weighted by molar-refractivity contribution is -0.136. The van der Waals surface area contributed by atoms with E-state index in [9.17, 15) is 9.59 Å². The molecule has 9 heteroatoms. The van der Waals surface area contributed by atoms with Crippen LogP contribution in [0.4, 0.5) is 5.13 Å². The molecular formula is C23H24N2O5S2. The number of aliphatic carboxylic acids is 1. The van der Waals surface area contributed by atoms with E-state index in [1.807, 2.05) is 49.6 Å². The first-order valence-electron chi connectivity index (χ1n) is 9.99. The van der Waals surface area contributed by atoms with Crippen molar-refractivity contribution in [2.45, 2.75) is 32.1 Å². The summed E-state index contributed by atoms with van der Waals surface area (Å²) >= 11 is 2.81. The van der Waals surface area contributed by atoms with Gasteiger partial charge in [-0.3, -0.25) is 14.9 Å². The summed E-state index contributed by atoms with van der Waals surface area (Å²) in [5.74, 6) is 1.65. The van der Waals surface area contributed by atoms with Crippen LogP contribution < -0.4 is 14.8 Å². The molecule has 32 heavy (non-hydrogen) atoms. The van der Waals surface area contributed by atoms with Crippen molar-refractivity contribution in [3.8, 4) is 17.2 Å². The highest BCUT2D eigenvalue weighted by atomic mass is 32.2. The van der Waals surface area contributed by atoms with Gasteiger partial charge in [-0.1, -0.05) is 18.2 Å². The average molecular weight is 473 g/mol. The van der Waals surface area contributed by atoms with Crippen molar-refractivity contribution < 1.29 is 24.2 Å². The van der Waals surface area contributed by atoms with Gasteiger partial charge in [0.1, 0.15) is 17.2 Å². The number of thioether (sulfide) groups is 1. The van der Waals surface area contributed by atoms with Crippen molar-refractivity contribution >= 4 is 40.1 Å². The van der Waals surface area contributed by atoms with Crippen LogP contribution in [0.15, 0.2) is 53.9 Å². The maximum absolute atomic E-state index is 12.9. The Morgan fingerprint density at radius 3 is 2.59 bits per heavy atom. The second-order valence-corrected chi connectivity index (χ2v) is 9.03. The first-order chi connectivity index (χ1) is 15.4. The van der Waals surface area contributed by atoms with Gasteiger partial charge in [-0.15, -0.1) is 11.3 Å². The van der Waals surface area contributed by atoms with Crippen molar-refractivity contribution in [2.24, 2.45) is 0 Å². The van der Waals surface area contributed by atoms with Crippen molar-refractivity contribution in [3.63, 3.8) is 0 Å². The minimum absolute atomic E-state index is 0.0574. The Bertz CT molecular complexity index is 1050. The number of carboxylic acids is 1. The zero-order chi connectivity index (χ0) is 22.9. The van der Waals surface area contributed by atoms with Gasteiger partial charge in [0.15, 0.2) is 5.13 Å². The average Bonchev–Trinajstić information content (AvgIpc) is 3.18. The molecule has 2 aromatic carbocycles. The highest BCUT2D eigenvalue weighted by Crippen LogP contribution is 2.29. The van der Waals surface area contributed by atoms with E-state index in [-0.39, 0.29) is 18.4 Å². The molecule has 1 amide bonds. The number of benzene rings is 2. The van der Waals surface area contributed by atoms with Gasteiger partial charge >= 0.3 is 5.97 Å². The van der Waals surface area contributed by atoms with Gasteiger partial charge in [0.2, 0.25) is 0 Å². The Morgan fingerprint density at radius 2 is 1.88 bits per heavy atom. The van der Waals surface area contributed by atoms with Crippen LogP contribution in [0.1, 0.15) is 36.3 Å². The second kappa shape index (κ2) is 11.5. The fraction of sp³-hybridized carbons (Fsp3) is 0.261. The van der Waals surface area contributed by atoms with Gasteiger partial charge < -0.3 is 14.6 Å². The molecule has 0 radical (unpaired) electrons. The molecule has 2 N–H and O–H groups in total. The molecule has 0 spiro atoms. The number of amides is 1. The molecule has 1 aromatic heterocycles. The van der Waals surface area contributed by atoms with Gasteiger partial charge in [0.05, 0.1) is 18.2 Å². The summed E-state index contributed by atoms with van der Waals surface area (Å²) in [7, 11) is 0. The maximum Gasteiger partial charge on any atom is 0.304 e. The number of carbonyl (C=O) groups is 2. The number of aromatic nitrogens is 1. The third-order valence-electron chi connectivity index (χ3n) is 3.98. The molecule has 0 aliphatic carbocycles. The Kier molecular flexibility index (Phi) is 8.52. The topological polar surface area (TPSA) is 97.8 Å². The Balaban J connectivity index is 1.69. The van der Waals surface area contributed by atoms with E-state index < -0.39 is 5.97 Å². The van der Waals surface area contributed by atoms with E-state index >= 15 is 0 Å². The van der Waals surface area contributed by atoms with Crippen LogP contribution in [0.25, 0.3) is 0 Å². The monoisotopic (exact) mass is 472 g/mol. The Hall–Kier alpha value is -3.04. The number of hydrogen-bond donors (Lipinski definition) is 2. The highest BCUT2D eigenvalue weighted by Gasteiger charge is 2.14. The van der Waals surface area contributed by atoms with Crippen LogP contribution in [0.3, 0.4) is 0 Å². The van der Waals surface area contributed by atoms with Crippen LogP contribution in [-0.4, -0.2) is 33.8 Å². The minimum atomic E-state index is -0.817. The summed E-state index contributed by atoms with van der Waals surface area (Å²) in [6.07, 6.45) is 0.0543. The van der Waals surface area contributed by atoms with Crippen LogP contribution in [0.5, 0.6) is 17.2 Å². The Labute approximate surface area is 194 Å². The van der Waals surface area contributed by atoms with Crippen molar-refractivity contribution in [2.75, 3.05) is 11.1 Å². The zero-order valence-electron chi connectivity index (χ0n) is 17.7. The van der Waals surface area contributed by atoms with Gasteiger partial charge in [-0.05, 0) is 38.1 Å². The summed E-state index contributed by atoms with van der Waals surface area (Å²) in [5.41, 5.74) is 1.19. The van der Waals surface area contributed by atoms with Crippen LogP contribution in [0.2, 0.25) is 0 Å². The molecule has 0 fully saturated rings. The number of para-hydroxylation sites is 1. The lowest BCUT2D eigenvalue weighted by atomic mass is 10.2. The van der Waals surface area contributed by atoms with E-state index in [2.05, 4.69) is 10.3 Å². The molecule has 7 nitrogen and oxygen atoms in total. The standard InChI is InChI=1S/C23H24N2O5S2/c1-15(2)29-19-10-16(11-20(12-19)30-18-6-4-3-5-7-18)22(28)25-23-24-17(14-32-23)13-31-9-8-21(26)27/h3-7,10-12,14-15H,8-9,13H2,1-2H3,(H,26,27)(H,24,25,28). The number of carbonyl (C=O) groups excluding carboxylic acids is 1. The molecular weight excluding hydrogens is 448 g/mol. The van der Waals surface area contributed by atoms with E-state index in [1.54, 1.807) is 18.2 Å². The number of hydrogen-bond acceptors (Lipinski definition) is 7. The molecule has 1 heterocycles. The number of ether oxygens (including phenoxy) is 2. The molecule has 0 bridgehead atoms. The smallest absolute Gasteiger partial charge is 0.304 e. The summed E-state index contributed by atoms with van der Waals surface area (Å²) in [6, 6.07) is 14.4. The van der Waals surface area contributed by atoms with Gasteiger partial charge in [0, 0.05) is 28.5 Å². The summed E-state index contributed by atoms with van der Waals surface area (Å²) < 4.78 is 11.7. The largest absolute Gasteiger partial charge is 0.491 e. The SMILES string of the molecule is CC(C)Oc1cc(Oc2ccccc2)cc(C(=O)Nc2nc(CSCCC(=O)O)cs2)c1. The zero-order valence-corrected chi connectivity index (χ0v) is 19.4. The normalized spacial score (nSPS) is 10.7. The molecule has 0 aliphatic rings. The van der Waals surface area contributed by atoms with Gasteiger partial charge in [0.25, 0.3) is 5.91 Å². The van der Waals surface area contributed by atoms with Crippen LogP contribution >= 0.6 is 23.1 Å². The van der Waals surface area contributed by atoms with Crippen molar-refractivity contribution in [3.05, 3.63) is 65.2 Å². The van der Waals surface area contributed by atoms with E-state index in [1.165, 1.54) is 23.1 Å². The quantitative estimate of drug-likeness (QED) is 0.346. The summed E-state index contributed by atoms with van der Waals surface area (Å²) in [5, 5.41) is 13.8. The molecule has 0 saturated carbocycles. The third kappa shape index (κ3) is 7.58. The maximum atomic E-state index is 12.9. The minimum Gasteiger partial charge on any atom is -0.491 e.